The van der Waals surface area contributed by atoms with E-state index in [9.17, 15) is 63.2 Å². The monoisotopic (exact) mass is 894 g/mol. The molecule has 0 atom stereocenters. The summed E-state index contributed by atoms with van der Waals surface area (Å²) in [6, 6.07) is 21.7. The third-order valence-electron chi connectivity index (χ3n) is 11.1. The Bertz CT molecular complexity index is 2540. The van der Waals surface area contributed by atoms with Gasteiger partial charge in [-0.25, -0.2) is 0 Å². The first kappa shape index (κ1) is 45.3. The Morgan fingerprint density at radius 2 is 0.750 bits per heavy atom. The highest BCUT2D eigenvalue weighted by Gasteiger charge is 2.41. The first-order valence-electron chi connectivity index (χ1n) is 19.9. The van der Waals surface area contributed by atoms with E-state index in [1.54, 1.807) is 60.7 Å². The van der Waals surface area contributed by atoms with Crippen LogP contribution in [0.25, 0.3) is 22.3 Å². The maximum Gasteiger partial charge on any atom is 0.416 e. The van der Waals surface area contributed by atoms with Gasteiger partial charge in [0.15, 0.2) is 0 Å². The number of hydrogen-bond acceptors (Lipinski definition) is 4. The normalized spacial score (nSPS) is 15.4. The predicted molar refractivity (Wildman–Crippen MR) is 219 cm³/mol. The fraction of sp³-hybridized carbons (Fsp3) is 0.250. The minimum atomic E-state index is -5.24. The van der Waals surface area contributed by atoms with Gasteiger partial charge in [0.25, 0.3) is 0 Å². The average molecular weight is 895 g/mol. The molecular formula is C48H34F12N4. The average Bonchev–Trinajstić information content (AvgIpc) is 3.24. The van der Waals surface area contributed by atoms with E-state index in [0.717, 1.165) is 0 Å². The third-order valence-corrected chi connectivity index (χ3v) is 11.1. The molecule has 7 rings (SSSR count). The fourth-order valence-corrected chi connectivity index (χ4v) is 8.20. The minimum Gasteiger partial charge on any atom is -0.340 e. The van der Waals surface area contributed by atoms with Gasteiger partial charge in [-0.1, -0.05) is 63.1 Å². The zero-order valence-electron chi connectivity index (χ0n) is 33.8. The van der Waals surface area contributed by atoms with E-state index in [1.165, 1.54) is 0 Å². The van der Waals surface area contributed by atoms with Crippen molar-refractivity contribution in [2.24, 2.45) is 0 Å². The Balaban J connectivity index is 1.66. The molecule has 5 aromatic rings. The zero-order chi connectivity index (χ0) is 46.5. The molecule has 0 spiro atoms. The number of allylic oxidation sites excluding steroid dienone is 2. The molecule has 0 saturated carbocycles. The van der Waals surface area contributed by atoms with Crippen LogP contribution in [0.15, 0.2) is 97.1 Å². The van der Waals surface area contributed by atoms with E-state index < -0.39 is 69.2 Å². The number of rotatable bonds is 8. The van der Waals surface area contributed by atoms with Gasteiger partial charge in [0, 0.05) is 69.2 Å². The predicted octanol–water partition coefficient (Wildman–Crippen LogP) is 15.2. The number of alkyl halides is 12. The molecule has 0 radical (unpaired) electrons. The highest BCUT2D eigenvalue weighted by atomic mass is 19.4. The number of nitrogens with zero attached hydrogens (tertiary/aromatic N) is 4. The second-order valence-corrected chi connectivity index (χ2v) is 15.2. The Hall–Kier alpha value is -6.68. The van der Waals surface area contributed by atoms with Crippen LogP contribution >= 0.6 is 0 Å². The second-order valence-electron chi connectivity index (χ2n) is 15.2. The summed E-state index contributed by atoms with van der Waals surface area (Å²) in [5, 5.41) is 21.7. The topological polar surface area (TPSA) is 54.1 Å². The van der Waals surface area contributed by atoms with Crippen LogP contribution < -0.4 is 9.80 Å². The summed E-state index contributed by atoms with van der Waals surface area (Å²) in [6.07, 6.45) is -18.6. The van der Waals surface area contributed by atoms with E-state index in [4.69, 9.17) is 0 Å². The molecule has 16 heteroatoms. The SMILES string of the molecule is CCCCN1c2ccccc2/C(=C(/C#N)c2cc(C(F)(F)F)cc(C(F)(F)F)c2)c2cc3c(cc21)/C(=C(\C#N)c1cc(C(F)(F)F)cc(C(F)(F)F)c1)c1ccccc1N3CCCC. The van der Waals surface area contributed by atoms with Crippen LogP contribution in [-0.2, 0) is 24.7 Å². The number of unbranched alkanes of at least 4 members (excludes halogenated alkanes) is 2. The largest absolute Gasteiger partial charge is 0.416 e. The highest BCUT2D eigenvalue weighted by molar-refractivity contribution is 6.16. The molecule has 64 heavy (non-hydrogen) atoms. The fourth-order valence-electron chi connectivity index (χ4n) is 8.20. The quantitative estimate of drug-likeness (QED) is 0.115. The Morgan fingerprint density at radius 1 is 0.438 bits per heavy atom. The standard InChI is InChI=1S/C48H34F12N4/c1-3-5-15-63-39-13-9-7-11-33(39)43(37(25-61)27-17-29(45(49,50)51)21-30(18-27)46(52,53)54)35-24-42-36(23-41(35)63)44(34-12-8-10-14-40(34)64(42)16-6-4-2)38(26-62)28-19-31(47(55,56)57)22-32(20-28)48(58,59)60/h7-14,17-24H,3-6,15-16H2,1-2H3/b43-37+,44-38+. The van der Waals surface area contributed by atoms with Gasteiger partial charge >= 0.3 is 24.7 Å². The molecule has 0 aliphatic carbocycles. The smallest absolute Gasteiger partial charge is 0.340 e. The van der Waals surface area contributed by atoms with Crippen molar-refractivity contribution >= 4 is 45.0 Å². The van der Waals surface area contributed by atoms with Crippen molar-refractivity contribution in [1.82, 2.24) is 0 Å². The molecule has 2 heterocycles. The van der Waals surface area contributed by atoms with E-state index in [-0.39, 0.29) is 58.9 Å². The number of para-hydroxylation sites is 2. The van der Waals surface area contributed by atoms with Crippen LogP contribution in [0.5, 0.6) is 0 Å². The van der Waals surface area contributed by atoms with Gasteiger partial charge in [-0.05, 0) is 84.6 Å². The summed E-state index contributed by atoms with van der Waals surface area (Å²) in [7, 11) is 0. The minimum absolute atomic E-state index is 0.0240. The van der Waals surface area contributed by atoms with Gasteiger partial charge in [-0.2, -0.15) is 63.2 Å². The summed E-state index contributed by atoms with van der Waals surface area (Å²) in [5.41, 5.74) is -6.73. The van der Waals surface area contributed by atoms with Gasteiger partial charge in [-0.15, -0.1) is 0 Å². The molecule has 0 bridgehead atoms. The van der Waals surface area contributed by atoms with Crippen LogP contribution in [-0.4, -0.2) is 13.1 Å². The van der Waals surface area contributed by atoms with Crippen LogP contribution in [0.1, 0.15) is 95.2 Å². The van der Waals surface area contributed by atoms with Crippen molar-refractivity contribution in [1.29, 1.82) is 10.5 Å². The molecule has 0 amide bonds. The van der Waals surface area contributed by atoms with Gasteiger partial charge in [-0.3, -0.25) is 0 Å². The van der Waals surface area contributed by atoms with Gasteiger partial charge < -0.3 is 9.80 Å². The number of fused-ring (bicyclic) bond motifs is 4. The van der Waals surface area contributed by atoms with Crippen LogP contribution in [0.3, 0.4) is 0 Å². The second kappa shape index (κ2) is 16.8. The molecule has 0 aromatic heterocycles. The van der Waals surface area contributed by atoms with Gasteiger partial charge in [0.1, 0.15) is 12.1 Å². The first-order valence-corrected chi connectivity index (χ1v) is 19.9. The lowest BCUT2D eigenvalue weighted by Gasteiger charge is -2.40. The molecule has 0 fully saturated rings. The molecule has 2 aliphatic heterocycles. The van der Waals surface area contributed by atoms with E-state index >= 15 is 0 Å². The van der Waals surface area contributed by atoms with Crippen LogP contribution in [0.2, 0.25) is 0 Å². The maximum absolute atomic E-state index is 14.2. The third kappa shape index (κ3) is 8.41. The van der Waals surface area contributed by atoms with E-state index in [2.05, 4.69) is 0 Å². The molecule has 330 valence electrons. The Morgan fingerprint density at radius 3 is 1.03 bits per heavy atom. The van der Waals surface area contributed by atoms with Crippen molar-refractivity contribution in [3.8, 4) is 12.1 Å². The summed E-state index contributed by atoms with van der Waals surface area (Å²) in [6.45, 7) is 4.36. The Kier molecular flexibility index (Phi) is 11.9. The maximum atomic E-state index is 14.2. The summed E-state index contributed by atoms with van der Waals surface area (Å²) in [5.74, 6) is 0. The summed E-state index contributed by atoms with van der Waals surface area (Å²) >= 11 is 0. The molecule has 0 unspecified atom stereocenters. The zero-order valence-corrected chi connectivity index (χ0v) is 33.8. The molecule has 0 saturated heterocycles. The number of anilines is 4. The molecular weight excluding hydrogens is 861 g/mol. The van der Waals surface area contributed by atoms with Crippen molar-refractivity contribution in [2.45, 2.75) is 64.2 Å². The number of benzene rings is 5. The van der Waals surface area contributed by atoms with E-state index in [0.29, 0.717) is 72.5 Å². The van der Waals surface area contributed by atoms with E-state index in [1.807, 2.05) is 35.8 Å². The lowest BCUT2D eigenvalue weighted by molar-refractivity contribution is -0.144. The van der Waals surface area contributed by atoms with Crippen molar-refractivity contribution in [3.05, 3.63) is 153 Å². The van der Waals surface area contributed by atoms with Crippen molar-refractivity contribution in [2.75, 3.05) is 22.9 Å². The van der Waals surface area contributed by atoms with Crippen LogP contribution in [0.4, 0.5) is 75.4 Å². The van der Waals surface area contributed by atoms with Gasteiger partial charge in [0.2, 0.25) is 0 Å². The molecule has 0 N–H and O–H groups in total. The lowest BCUT2D eigenvalue weighted by Crippen LogP contribution is -2.28. The van der Waals surface area contributed by atoms with Crippen LogP contribution in [0, 0.1) is 22.7 Å². The molecule has 2 aliphatic rings. The Labute approximate surface area is 359 Å². The molecule has 4 nitrogen and oxygen atoms in total. The number of hydrogen-bond donors (Lipinski definition) is 0. The van der Waals surface area contributed by atoms with Crippen molar-refractivity contribution in [3.63, 3.8) is 0 Å². The highest BCUT2D eigenvalue weighted by Crippen LogP contribution is 2.55. The number of halogens is 12. The first-order chi connectivity index (χ1) is 30.1. The molecule has 5 aromatic carbocycles. The number of nitriles is 2. The summed E-state index contributed by atoms with van der Waals surface area (Å²) in [4.78, 5) is 3.65. The van der Waals surface area contributed by atoms with Crippen molar-refractivity contribution < 1.29 is 52.7 Å². The van der Waals surface area contributed by atoms with Gasteiger partial charge in [0.05, 0.1) is 33.4 Å². The summed E-state index contributed by atoms with van der Waals surface area (Å²) < 4.78 is 171. The lowest BCUT2D eigenvalue weighted by atomic mass is 9.79.